The first-order valence-corrected chi connectivity index (χ1v) is 12.0. The predicted molar refractivity (Wildman–Crippen MR) is 128 cm³/mol. The van der Waals surface area contributed by atoms with Gasteiger partial charge in [-0.1, -0.05) is 19.9 Å². The second-order valence-electron chi connectivity index (χ2n) is 9.23. The van der Waals surface area contributed by atoms with Crippen LogP contribution in [0.3, 0.4) is 0 Å². The Labute approximate surface area is 201 Å². The number of carbonyl (C=O) groups is 1. The molecule has 8 nitrogen and oxygen atoms in total. The smallest absolute Gasteiger partial charge is 0.253 e. The maximum Gasteiger partial charge on any atom is 0.253 e. The number of rotatable bonds is 8. The third kappa shape index (κ3) is 6.18. The van der Waals surface area contributed by atoms with Crippen molar-refractivity contribution in [3.05, 3.63) is 47.8 Å². The predicted octanol–water partition coefficient (Wildman–Crippen LogP) is 3.14. The van der Waals surface area contributed by atoms with Gasteiger partial charge in [0.15, 0.2) is 11.5 Å². The highest BCUT2D eigenvalue weighted by Gasteiger charge is 2.31. The Balaban J connectivity index is 1.45. The van der Waals surface area contributed by atoms with Crippen molar-refractivity contribution in [3.63, 3.8) is 0 Å². The highest BCUT2D eigenvalue weighted by Crippen LogP contribution is 2.31. The van der Waals surface area contributed by atoms with Crippen LogP contribution >= 0.6 is 0 Å². The van der Waals surface area contributed by atoms with Crippen molar-refractivity contribution in [2.75, 3.05) is 46.6 Å². The first kappa shape index (κ1) is 24.3. The second kappa shape index (κ2) is 11.5. The molecule has 1 fully saturated rings. The lowest BCUT2D eigenvalue weighted by atomic mass is 10.1. The number of pyridine rings is 1. The molecule has 4 rings (SSSR count). The summed E-state index contributed by atoms with van der Waals surface area (Å²) in [4.78, 5) is 21.9. The van der Waals surface area contributed by atoms with Crippen molar-refractivity contribution in [2.45, 2.75) is 39.5 Å². The molecule has 2 aliphatic heterocycles. The van der Waals surface area contributed by atoms with Crippen LogP contribution < -0.4 is 14.2 Å². The average Bonchev–Trinajstić information content (AvgIpc) is 3.08. The molecule has 1 saturated heterocycles. The SMILES string of the molecule is COc1ccncc1CN1CCOC(C(=O)N(Cc2ccc3c(c2)OCCCO3)CC(C)C)C1. The van der Waals surface area contributed by atoms with Gasteiger partial charge in [0, 0.05) is 57.1 Å². The third-order valence-electron chi connectivity index (χ3n) is 5.98. The molecule has 1 atom stereocenters. The maximum absolute atomic E-state index is 13.6. The van der Waals surface area contributed by atoms with E-state index in [9.17, 15) is 4.79 Å². The number of morpholine rings is 1. The summed E-state index contributed by atoms with van der Waals surface area (Å²) in [7, 11) is 1.66. The number of ether oxygens (including phenoxy) is 4. The highest BCUT2D eigenvalue weighted by molar-refractivity contribution is 5.81. The molecule has 8 heteroatoms. The van der Waals surface area contributed by atoms with Crippen LogP contribution in [0.2, 0.25) is 0 Å². The molecule has 1 aromatic carbocycles. The molecule has 0 N–H and O–H groups in total. The van der Waals surface area contributed by atoms with E-state index in [0.717, 1.165) is 41.3 Å². The Kier molecular flexibility index (Phi) is 8.24. The fraction of sp³-hybridized carbons (Fsp3) is 0.538. The van der Waals surface area contributed by atoms with Crippen molar-refractivity contribution in [2.24, 2.45) is 5.92 Å². The molecule has 1 amide bonds. The Bertz CT molecular complexity index is 967. The van der Waals surface area contributed by atoms with Crippen molar-refractivity contribution < 1.29 is 23.7 Å². The van der Waals surface area contributed by atoms with E-state index in [1.807, 2.05) is 35.4 Å². The summed E-state index contributed by atoms with van der Waals surface area (Å²) in [5, 5.41) is 0. The van der Waals surface area contributed by atoms with E-state index < -0.39 is 6.10 Å². The zero-order chi connectivity index (χ0) is 23.9. The molecular weight excluding hydrogens is 434 g/mol. The van der Waals surface area contributed by atoms with Crippen LogP contribution in [0.15, 0.2) is 36.7 Å². The first-order chi connectivity index (χ1) is 16.5. The van der Waals surface area contributed by atoms with Gasteiger partial charge < -0.3 is 23.8 Å². The number of amides is 1. The molecular formula is C26H35N3O5. The Morgan fingerprint density at radius 3 is 2.82 bits per heavy atom. The van der Waals surface area contributed by atoms with Gasteiger partial charge in [0.1, 0.15) is 11.9 Å². The van der Waals surface area contributed by atoms with E-state index in [2.05, 4.69) is 23.7 Å². The summed E-state index contributed by atoms with van der Waals surface area (Å²) < 4.78 is 23.0. The highest BCUT2D eigenvalue weighted by atomic mass is 16.5. The van der Waals surface area contributed by atoms with Gasteiger partial charge in [-0.05, 0) is 29.7 Å². The third-order valence-corrected chi connectivity index (χ3v) is 5.98. The van der Waals surface area contributed by atoms with Crippen LogP contribution in [-0.4, -0.2) is 73.4 Å². The minimum atomic E-state index is -0.504. The topological polar surface area (TPSA) is 73.4 Å². The Morgan fingerprint density at radius 2 is 2.03 bits per heavy atom. The molecule has 1 unspecified atom stereocenters. The second-order valence-corrected chi connectivity index (χ2v) is 9.23. The van der Waals surface area contributed by atoms with Gasteiger partial charge >= 0.3 is 0 Å². The Morgan fingerprint density at radius 1 is 1.21 bits per heavy atom. The number of fused-ring (bicyclic) bond motifs is 1. The number of aromatic nitrogens is 1. The van der Waals surface area contributed by atoms with Gasteiger partial charge in [-0.2, -0.15) is 0 Å². The van der Waals surface area contributed by atoms with Gasteiger partial charge in [-0.3, -0.25) is 14.7 Å². The van der Waals surface area contributed by atoms with Crippen molar-refractivity contribution >= 4 is 5.91 Å². The molecule has 0 saturated carbocycles. The van der Waals surface area contributed by atoms with E-state index in [4.69, 9.17) is 18.9 Å². The summed E-state index contributed by atoms with van der Waals surface area (Å²) in [6, 6.07) is 7.80. The molecule has 2 aromatic rings. The molecule has 0 bridgehead atoms. The van der Waals surface area contributed by atoms with Gasteiger partial charge in [0.25, 0.3) is 5.91 Å². The lowest BCUT2D eigenvalue weighted by molar-refractivity contribution is -0.151. The van der Waals surface area contributed by atoms with Crippen LogP contribution in [0, 0.1) is 5.92 Å². The number of nitrogens with zero attached hydrogens (tertiary/aromatic N) is 3. The van der Waals surface area contributed by atoms with Gasteiger partial charge in [-0.25, -0.2) is 0 Å². The lowest BCUT2D eigenvalue weighted by Crippen LogP contribution is -2.51. The molecule has 184 valence electrons. The van der Waals surface area contributed by atoms with Gasteiger partial charge in [-0.15, -0.1) is 0 Å². The molecule has 34 heavy (non-hydrogen) atoms. The molecule has 0 radical (unpaired) electrons. The molecule has 3 heterocycles. The lowest BCUT2D eigenvalue weighted by Gasteiger charge is -2.35. The standard InChI is InChI=1S/C26H35N3O5/c1-19(2)15-29(16-20-5-6-23-24(13-20)33-11-4-10-32-23)26(30)25-18-28(9-12-34-25)17-21-14-27-8-7-22(21)31-3/h5-8,13-14,19,25H,4,9-12,15-18H2,1-3H3. The number of hydrogen-bond acceptors (Lipinski definition) is 7. The fourth-order valence-electron chi connectivity index (χ4n) is 4.37. The fourth-order valence-corrected chi connectivity index (χ4v) is 4.37. The van der Waals surface area contributed by atoms with E-state index in [1.165, 1.54) is 0 Å². The molecule has 0 spiro atoms. The zero-order valence-corrected chi connectivity index (χ0v) is 20.4. The Hall–Kier alpha value is -2.84. The van der Waals surface area contributed by atoms with Gasteiger partial charge in [0.05, 0.1) is 26.9 Å². The minimum Gasteiger partial charge on any atom is -0.496 e. The van der Waals surface area contributed by atoms with Gasteiger partial charge in [0.2, 0.25) is 0 Å². The first-order valence-electron chi connectivity index (χ1n) is 12.0. The zero-order valence-electron chi connectivity index (χ0n) is 20.4. The van der Waals surface area contributed by atoms with E-state index >= 15 is 0 Å². The van der Waals surface area contributed by atoms with Crippen LogP contribution in [-0.2, 0) is 22.6 Å². The van der Waals surface area contributed by atoms with Crippen molar-refractivity contribution in [1.29, 1.82) is 0 Å². The minimum absolute atomic E-state index is 0.0173. The molecule has 1 aromatic heterocycles. The van der Waals surface area contributed by atoms with Crippen molar-refractivity contribution in [1.82, 2.24) is 14.8 Å². The van der Waals surface area contributed by atoms with E-state index in [-0.39, 0.29) is 5.91 Å². The number of methoxy groups -OCH3 is 1. The average molecular weight is 470 g/mol. The summed E-state index contributed by atoms with van der Waals surface area (Å²) in [6.45, 7) is 9.17. The van der Waals surface area contributed by atoms with E-state index in [0.29, 0.717) is 51.9 Å². The molecule has 0 aliphatic carbocycles. The van der Waals surface area contributed by atoms with Crippen molar-refractivity contribution in [3.8, 4) is 17.2 Å². The molecule has 2 aliphatic rings. The summed E-state index contributed by atoms with van der Waals surface area (Å²) in [5.41, 5.74) is 2.02. The van der Waals surface area contributed by atoms with Crippen LogP contribution in [0.5, 0.6) is 17.2 Å². The quantitative estimate of drug-likeness (QED) is 0.588. The summed E-state index contributed by atoms with van der Waals surface area (Å²) >= 11 is 0. The number of carbonyl (C=O) groups excluding carboxylic acids is 1. The summed E-state index contributed by atoms with van der Waals surface area (Å²) in [5.74, 6) is 2.67. The van der Waals surface area contributed by atoms with E-state index in [1.54, 1.807) is 13.3 Å². The maximum atomic E-state index is 13.6. The number of benzene rings is 1. The largest absolute Gasteiger partial charge is 0.496 e. The van der Waals surface area contributed by atoms with Crippen LogP contribution in [0.1, 0.15) is 31.4 Å². The monoisotopic (exact) mass is 469 g/mol. The summed E-state index contributed by atoms with van der Waals surface area (Å²) in [6.07, 6.45) is 3.90. The number of hydrogen-bond donors (Lipinski definition) is 0. The van der Waals surface area contributed by atoms with Crippen LogP contribution in [0.4, 0.5) is 0 Å². The normalized spacial score (nSPS) is 18.4. The van der Waals surface area contributed by atoms with Crippen LogP contribution in [0.25, 0.3) is 0 Å².